The van der Waals surface area contributed by atoms with Gasteiger partial charge in [0.1, 0.15) is 6.10 Å². The number of nitrogens with two attached hydrogens (primary N) is 2. The highest BCUT2D eigenvalue weighted by Gasteiger charge is 2.50. The van der Waals surface area contributed by atoms with Crippen molar-refractivity contribution in [2.24, 2.45) is 11.1 Å². The Labute approximate surface area is 196 Å². The molecule has 3 atom stereocenters. The molecule has 7 nitrogen and oxygen atoms in total. The molecule has 4 N–H and O–H groups in total. The van der Waals surface area contributed by atoms with E-state index in [4.69, 9.17) is 20.6 Å². The van der Waals surface area contributed by atoms with E-state index in [2.05, 4.69) is 64.5 Å². The number of aromatic nitrogens is 1. The van der Waals surface area contributed by atoms with Crippen LogP contribution in [0.2, 0.25) is 18.1 Å². The SMILES string of the molecule is CC(C)(C)C1[C@@H](OC(N)=O)[C@H](O[Si](C)(C)C(C)(C)C)CCN1c1c(N)cnc2ccsc12. The van der Waals surface area contributed by atoms with Crippen molar-refractivity contribution in [1.82, 2.24) is 4.98 Å². The number of nitrogens with zero attached hydrogens (tertiary/aromatic N) is 2. The van der Waals surface area contributed by atoms with Gasteiger partial charge in [0.25, 0.3) is 0 Å². The van der Waals surface area contributed by atoms with Crippen LogP contribution >= 0.6 is 11.3 Å². The Bertz CT molecular complexity index is 980. The van der Waals surface area contributed by atoms with Gasteiger partial charge in [-0.2, -0.15) is 0 Å². The predicted octanol–water partition coefficient (Wildman–Crippen LogP) is 5.36. The van der Waals surface area contributed by atoms with Gasteiger partial charge < -0.3 is 25.5 Å². The molecule has 1 unspecified atom stereocenters. The van der Waals surface area contributed by atoms with Crippen molar-refractivity contribution >= 4 is 47.3 Å². The average Bonchev–Trinajstić information content (AvgIpc) is 3.09. The van der Waals surface area contributed by atoms with Crippen molar-refractivity contribution in [2.45, 2.75) is 84.3 Å². The number of anilines is 2. The lowest BCUT2D eigenvalue weighted by Crippen LogP contribution is -2.64. The largest absolute Gasteiger partial charge is 0.441 e. The minimum absolute atomic E-state index is 0.0390. The first-order valence-corrected chi connectivity index (χ1v) is 14.9. The molecular weight excluding hydrogens is 440 g/mol. The van der Waals surface area contributed by atoms with Crippen LogP contribution in [0.1, 0.15) is 48.0 Å². The Kier molecular flexibility index (Phi) is 6.58. The van der Waals surface area contributed by atoms with Gasteiger partial charge in [0, 0.05) is 6.54 Å². The summed E-state index contributed by atoms with van der Waals surface area (Å²) >= 11 is 1.62. The zero-order valence-corrected chi connectivity index (χ0v) is 22.4. The first kappa shape index (κ1) is 24.8. The van der Waals surface area contributed by atoms with Crippen LogP contribution < -0.4 is 16.4 Å². The number of carbonyl (C=O) groups is 1. The van der Waals surface area contributed by atoms with E-state index in [9.17, 15) is 4.79 Å². The first-order chi connectivity index (χ1) is 14.6. The predicted molar refractivity (Wildman–Crippen MR) is 136 cm³/mol. The van der Waals surface area contributed by atoms with Crippen LogP contribution in [0, 0.1) is 5.41 Å². The van der Waals surface area contributed by atoms with Crippen molar-refractivity contribution < 1.29 is 14.0 Å². The maximum atomic E-state index is 12.0. The van der Waals surface area contributed by atoms with E-state index in [1.807, 2.05) is 11.4 Å². The highest BCUT2D eigenvalue weighted by atomic mass is 32.1. The normalized spacial score (nSPS) is 22.9. The lowest BCUT2D eigenvalue weighted by molar-refractivity contribution is -0.0397. The van der Waals surface area contributed by atoms with Crippen molar-refractivity contribution in [3.63, 3.8) is 0 Å². The molecule has 3 heterocycles. The summed E-state index contributed by atoms with van der Waals surface area (Å²) in [6, 6.07) is 1.83. The number of rotatable bonds is 4. The highest BCUT2D eigenvalue weighted by Crippen LogP contribution is 2.45. The number of primary amides is 1. The number of nitrogen functional groups attached to an aromatic ring is 1. The summed E-state index contributed by atoms with van der Waals surface area (Å²) < 4.78 is 13.7. The highest BCUT2D eigenvalue weighted by molar-refractivity contribution is 7.17. The van der Waals surface area contributed by atoms with E-state index in [0.29, 0.717) is 12.1 Å². The van der Waals surface area contributed by atoms with Gasteiger partial charge >= 0.3 is 6.09 Å². The number of hydrogen-bond donors (Lipinski definition) is 2. The lowest BCUT2D eigenvalue weighted by atomic mass is 9.77. The fourth-order valence-electron chi connectivity index (χ4n) is 4.33. The van der Waals surface area contributed by atoms with E-state index < -0.39 is 20.5 Å². The van der Waals surface area contributed by atoms with Crippen molar-refractivity contribution in [1.29, 1.82) is 0 Å². The maximum Gasteiger partial charge on any atom is 0.404 e. The molecule has 1 saturated heterocycles. The molecule has 2 aromatic heterocycles. The van der Waals surface area contributed by atoms with E-state index in [0.717, 1.165) is 22.4 Å². The van der Waals surface area contributed by atoms with Gasteiger partial charge in [0.2, 0.25) is 0 Å². The van der Waals surface area contributed by atoms with Crippen LogP contribution in [0.4, 0.5) is 16.2 Å². The maximum absolute atomic E-state index is 12.0. The molecule has 0 spiro atoms. The van der Waals surface area contributed by atoms with E-state index >= 15 is 0 Å². The summed E-state index contributed by atoms with van der Waals surface area (Å²) in [7, 11) is -2.10. The number of thiophene rings is 1. The quantitative estimate of drug-likeness (QED) is 0.574. The number of hydrogen-bond acceptors (Lipinski definition) is 7. The second-order valence-electron chi connectivity index (χ2n) is 11.3. The van der Waals surface area contributed by atoms with Crippen molar-refractivity contribution in [3.8, 4) is 0 Å². The number of carbonyl (C=O) groups excluding carboxylic acids is 1. The topological polar surface area (TPSA) is 104 Å². The Morgan fingerprint density at radius 3 is 2.47 bits per heavy atom. The van der Waals surface area contributed by atoms with Gasteiger partial charge in [-0.15, -0.1) is 11.3 Å². The Morgan fingerprint density at radius 2 is 1.91 bits per heavy atom. The number of fused-ring (bicyclic) bond motifs is 1. The summed E-state index contributed by atoms with van der Waals surface area (Å²) in [4.78, 5) is 18.8. The van der Waals surface area contributed by atoms with Crippen LogP contribution in [-0.4, -0.2) is 44.2 Å². The minimum atomic E-state index is -2.10. The van der Waals surface area contributed by atoms with Crippen LogP contribution in [0.25, 0.3) is 10.2 Å². The molecule has 3 rings (SSSR count). The molecule has 2 aromatic rings. The minimum Gasteiger partial charge on any atom is -0.441 e. The van der Waals surface area contributed by atoms with E-state index in [1.165, 1.54) is 0 Å². The first-order valence-electron chi connectivity index (χ1n) is 11.2. The van der Waals surface area contributed by atoms with Crippen LogP contribution in [0.3, 0.4) is 0 Å². The lowest BCUT2D eigenvalue weighted by Gasteiger charge is -2.53. The van der Waals surface area contributed by atoms with Gasteiger partial charge in [-0.3, -0.25) is 4.98 Å². The Morgan fingerprint density at radius 1 is 1.25 bits per heavy atom. The molecule has 1 fully saturated rings. The van der Waals surface area contributed by atoms with Crippen LogP contribution in [0.15, 0.2) is 17.6 Å². The van der Waals surface area contributed by atoms with Gasteiger partial charge in [-0.25, -0.2) is 4.79 Å². The molecule has 178 valence electrons. The fourth-order valence-corrected chi connectivity index (χ4v) is 6.61. The zero-order chi connectivity index (χ0) is 24.1. The molecule has 1 aliphatic rings. The standard InChI is InChI=1S/C23H38N4O3SSi/c1-22(2,3)20-18(29-21(25)28)16(30-32(7,8)23(4,5)6)9-11-27(20)17-14(24)13-26-15-10-12-31-19(15)17/h10,12-13,16,18,20H,9,11,24H2,1-8H3,(H2,25,28)/t16-,18+,20?/m1/s1. The van der Waals surface area contributed by atoms with Crippen molar-refractivity contribution in [3.05, 3.63) is 17.6 Å². The molecule has 0 aliphatic carbocycles. The second-order valence-corrected chi connectivity index (χ2v) is 17.0. The summed E-state index contributed by atoms with van der Waals surface area (Å²) in [6.07, 6.45) is 0.903. The monoisotopic (exact) mass is 478 g/mol. The third-order valence-electron chi connectivity index (χ3n) is 6.82. The molecule has 0 bridgehead atoms. The molecule has 0 radical (unpaired) electrons. The van der Waals surface area contributed by atoms with Gasteiger partial charge in [0.05, 0.1) is 39.9 Å². The van der Waals surface area contributed by atoms with Crippen LogP contribution in [0.5, 0.6) is 0 Å². The summed E-state index contributed by atoms with van der Waals surface area (Å²) in [5, 5.41) is 2.06. The number of ether oxygens (including phenoxy) is 1. The third kappa shape index (κ3) is 4.74. The van der Waals surface area contributed by atoms with Gasteiger partial charge in [-0.05, 0) is 41.4 Å². The van der Waals surface area contributed by atoms with E-state index in [1.54, 1.807) is 17.5 Å². The second kappa shape index (κ2) is 8.50. The summed E-state index contributed by atoms with van der Waals surface area (Å²) in [6.45, 7) is 18.3. The molecule has 1 amide bonds. The zero-order valence-electron chi connectivity index (χ0n) is 20.6. The van der Waals surface area contributed by atoms with Gasteiger partial charge in [0.15, 0.2) is 8.32 Å². The van der Waals surface area contributed by atoms with Crippen molar-refractivity contribution in [2.75, 3.05) is 17.2 Å². The molecule has 0 saturated carbocycles. The molecule has 0 aromatic carbocycles. The smallest absolute Gasteiger partial charge is 0.404 e. The molecule has 1 aliphatic heterocycles. The summed E-state index contributed by atoms with van der Waals surface area (Å²) in [5.74, 6) is 0. The number of piperidine rings is 1. The number of amides is 1. The van der Waals surface area contributed by atoms with Crippen LogP contribution in [-0.2, 0) is 9.16 Å². The molecule has 9 heteroatoms. The molecular formula is C23H38N4O3SSi. The fraction of sp³-hybridized carbons (Fsp3) is 0.652. The van der Waals surface area contributed by atoms with E-state index in [-0.39, 0.29) is 22.6 Å². The molecule has 32 heavy (non-hydrogen) atoms. The average molecular weight is 479 g/mol. The Hall–Kier alpha value is -1.84. The Balaban J connectivity index is 2.10. The van der Waals surface area contributed by atoms with Gasteiger partial charge in [-0.1, -0.05) is 41.5 Å². The number of pyridine rings is 1. The summed E-state index contributed by atoms with van der Waals surface area (Å²) in [5.41, 5.74) is 14.3. The third-order valence-corrected chi connectivity index (χ3v) is 12.2.